The van der Waals surface area contributed by atoms with Gasteiger partial charge in [-0.25, -0.2) is 4.79 Å². The summed E-state index contributed by atoms with van der Waals surface area (Å²) in [5.74, 6) is -0.451. The van der Waals surface area contributed by atoms with Gasteiger partial charge in [0, 0.05) is 0 Å². The normalized spacial score (nSPS) is 9.42. The van der Waals surface area contributed by atoms with Crippen LogP contribution in [0.5, 0.6) is 0 Å². The van der Waals surface area contributed by atoms with Crippen molar-refractivity contribution < 1.29 is 14.3 Å². The van der Waals surface area contributed by atoms with Gasteiger partial charge in [-0.1, -0.05) is 0 Å². The van der Waals surface area contributed by atoms with Gasteiger partial charge in [0.25, 0.3) is 0 Å². The molecule has 5 heteroatoms. The number of carbonyl (C=O) groups excluding carboxylic acids is 2. The number of ether oxygens (including phenoxy) is 1. The van der Waals surface area contributed by atoms with E-state index >= 15 is 0 Å². The van der Waals surface area contributed by atoms with Crippen LogP contribution >= 0.6 is 11.3 Å². The molecule has 1 rings (SSSR count). The molecule has 0 fully saturated rings. The van der Waals surface area contributed by atoms with Gasteiger partial charge in [-0.2, -0.15) is 0 Å². The molecule has 0 saturated carbocycles. The zero-order valence-electron chi connectivity index (χ0n) is 6.37. The van der Waals surface area contributed by atoms with E-state index in [2.05, 4.69) is 4.74 Å². The maximum absolute atomic E-state index is 10.9. The Morgan fingerprint density at radius 1 is 1.42 bits per heavy atom. The molecule has 60 valence electrons. The SMILES string of the molecule is [B]C(=O)c1ccc(C(=O)OC)s1. The molecule has 0 bridgehead atoms. The van der Waals surface area contributed by atoms with Crippen LogP contribution in [0, 0.1) is 0 Å². The Balaban J connectivity index is 2.91. The Morgan fingerprint density at radius 2 is 2.00 bits per heavy atom. The van der Waals surface area contributed by atoms with E-state index in [9.17, 15) is 9.59 Å². The molecule has 0 saturated heterocycles. The van der Waals surface area contributed by atoms with Crippen LogP contribution in [0.2, 0.25) is 0 Å². The first-order valence-corrected chi connectivity index (χ1v) is 3.94. The van der Waals surface area contributed by atoms with Crippen molar-refractivity contribution in [1.29, 1.82) is 0 Å². The third-order valence-corrected chi connectivity index (χ3v) is 2.32. The summed E-state index contributed by atoms with van der Waals surface area (Å²) in [5, 5.41) is 0. The molecule has 0 atom stereocenters. The van der Waals surface area contributed by atoms with Gasteiger partial charge in [-0.05, 0) is 12.1 Å². The standard InChI is InChI=1S/C7H5BO3S/c1-11-7(10)5-3-2-4(12-5)6(8)9/h2-3H,1H3. The highest BCUT2D eigenvalue weighted by atomic mass is 32.1. The lowest BCUT2D eigenvalue weighted by Crippen LogP contribution is -1.97. The highest BCUT2D eigenvalue weighted by molar-refractivity contribution is 7.17. The van der Waals surface area contributed by atoms with Crippen molar-refractivity contribution in [3.8, 4) is 0 Å². The minimum Gasteiger partial charge on any atom is -0.465 e. The number of hydrogen-bond donors (Lipinski definition) is 0. The van der Waals surface area contributed by atoms with Crippen LogP contribution in [0.1, 0.15) is 19.3 Å². The van der Waals surface area contributed by atoms with Crippen LogP contribution in [0.25, 0.3) is 0 Å². The van der Waals surface area contributed by atoms with Crippen LogP contribution < -0.4 is 0 Å². The van der Waals surface area contributed by atoms with E-state index in [0.717, 1.165) is 11.3 Å². The Bertz CT molecular complexity index is 318. The lowest BCUT2D eigenvalue weighted by molar-refractivity contribution is 0.0606. The van der Waals surface area contributed by atoms with E-state index in [0.29, 0.717) is 9.75 Å². The lowest BCUT2D eigenvalue weighted by atomic mass is 10.0. The lowest BCUT2D eigenvalue weighted by Gasteiger charge is -1.91. The van der Waals surface area contributed by atoms with Gasteiger partial charge in [0.15, 0.2) is 7.85 Å². The summed E-state index contributed by atoms with van der Waals surface area (Å²) in [6.45, 7) is 0. The summed E-state index contributed by atoms with van der Waals surface area (Å²) in [4.78, 5) is 22.2. The maximum Gasteiger partial charge on any atom is 0.348 e. The van der Waals surface area contributed by atoms with E-state index in [1.54, 1.807) is 0 Å². The molecule has 0 aliphatic carbocycles. The molecule has 1 aromatic heterocycles. The van der Waals surface area contributed by atoms with Crippen molar-refractivity contribution in [2.24, 2.45) is 0 Å². The highest BCUT2D eigenvalue weighted by Crippen LogP contribution is 2.16. The Kier molecular flexibility index (Phi) is 2.65. The Hall–Kier alpha value is -1.10. The van der Waals surface area contributed by atoms with Crippen molar-refractivity contribution in [3.63, 3.8) is 0 Å². The predicted octanol–water partition coefficient (Wildman–Crippen LogP) is 0.843. The third-order valence-electron chi connectivity index (χ3n) is 1.24. The molecule has 0 unspecified atom stereocenters. The summed E-state index contributed by atoms with van der Waals surface area (Å²) in [5.41, 5.74) is -0.532. The average Bonchev–Trinajstić information content (AvgIpc) is 2.51. The summed E-state index contributed by atoms with van der Waals surface area (Å²) in [7, 11) is 6.27. The molecule has 0 N–H and O–H groups in total. The molecule has 0 aliphatic heterocycles. The number of hydrogen-bond acceptors (Lipinski definition) is 4. The van der Waals surface area contributed by atoms with E-state index in [1.807, 2.05) is 0 Å². The summed E-state index contributed by atoms with van der Waals surface area (Å²) >= 11 is 1.02. The second-order valence-electron chi connectivity index (χ2n) is 2.02. The summed E-state index contributed by atoms with van der Waals surface area (Å²) in [6.07, 6.45) is 0. The van der Waals surface area contributed by atoms with Crippen LogP contribution in [0.3, 0.4) is 0 Å². The molecule has 0 aromatic carbocycles. The fourth-order valence-electron chi connectivity index (χ4n) is 0.681. The van der Waals surface area contributed by atoms with Crippen molar-refractivity contribution >= 4 is 30.8 Å². The van der Waals surface area contributed by atoms with Crippen molar-refractivity contribution in [2.75, 3.05) is 7.11 Å². The van der Waals surface area contributed by atoms with Crippen LogP contribution in [-0.2, 0) is 4.74 Å². The first-order chi connectivity index (χ1) is 5.65. The minimum atomic E-state index is -0.532. The third kappa shape index (κ3) is 1.74. The molecular formula is C7H5BO3S. The first-order valence-electron chi connectivity index (χ1n) is 3.13. The average molecular weight is 180 g/mol. The monoisotopic (exact) mass is 180 g/mol. The number of thiophene rings is 1. The Morgan fingerprint density at radius 3 is 2.42 bits per heavy atom. The molecule has 0 aliphatic rings. The van der Waals surface area contributed by atoms with Crippen LogP contribution in [-0.4, -0.2) is 26.6 Å². The molecule has 0 spiro atoms. The summed E-state index contributed by atoms with van der Waals surface area (Å²) < 4.78 is 4.45. The van der Waals surface area contributed by atoms with E-state index in [-0.39, 0.29) is 0 Å². The number of carbonyl (C=O) groups is 2. The highest BCUT2D eigenvalue weighted by Gasteiger charge is 2.10. The number of methoxy groups -OCH3 is 1. The molecule has 3 nitrogen and oxygen atoms in total. The van der Waals surface area contributed by atoms with E-state index in [4.69, 9.17) is 7.85 Å². The van der Waals surface area contributed by atoms with Crippen molar-refractivity contribution in [3.05, 3.63) is 21.9 Å². The topological polar surface area (TPSA) is 43.4 Å². The van der Waals surface area contributed by atoms with Gasteiger partial charge < -0.3 is 9.53 Å². The molecule has 1 heterocycles. The molecular weight excluding hydrogens is 175 g/mol. The molecule has 0 amide bonds. The zero-order chi connectivity index (χ0) is 9.14. The van der Waals surface area contributed by atoms with Gasteiger partial charge in [0.05, 0.1) is 12.0 Å². The van der Waals surface area contributed by atoms with Crippen LogP contribution in [0.4, 0.5) is 0 Å². The Labute approximate surface area is 74.8 Å². The smallest absolute Gasteiger partial charge is 0.348 e. The number of esters is 1. The molecule has 12 heavy (non-hydrogen) atoms. The zero-order valence-corrected chi connectivity index (χ0v) is 7.18. The van der Waals surface area contributed by atoms with Gasteiger partial charge in [-0.3, -0.25) is 0 Å². The van der Waals surface area contributed by atoms with Crippen molar-refractivity contribution in [2.45, 2.75) is 0 Å². The van der Waals surface area contributed by atoms with Gasteiger partial charge in [-0.15, -0.1) is 11.3 Å². The van der Waals surface area contributed by atoms with E-state index in [1.165, 1.54) is 19.2 Å². The quantitative estimate of drug-likeness (QED) is 0.500. The van der Waals surface area contributed by atoms with Gasteiger partial charge in [0.1, 0.15) is 10.6 Å². The second-order valence-corrected chi connectivity index (χ2v) is 3.10. The number of rotatable bonds is 2. The largest absolute Gasteiger partial charge is 0.465 e. The first kappa shape index (κ1) is 9.00. The predicted molar refractivity (Wildman–Crippen MR) is 45.7 cm³/mol. The second kappa shape index (κ2) is 3.54. The van der Waals surface area contributed by atoms with Gasteiger partial charge >= 0.3 is 5.97 Å². The summed E-state index contributed by atoms with van der Waals surface area (Å²) in [6, 6.07) is 3.01. The minimum absolute atomic E-state index is 0.357. The van der Waals surface area contributed by atoms with Crippen molar-refractivity contribution in [1.82, 2.24) is 0 Å². The van der Waals surface area contributed by atoms with Crippen LogP contribution in [0.15, 0.2) is 12.1 Å². The molecule has 1 aromatic rings. The van der Waals surface area contributed by atoms with Gasteiger partial charge in [0.2, 0.25) is 0 Å². The molecule has 2 radical (unpaired) electrons. The fourth-order valence-corrected chi connectivity index (χ4v) is 1.46. The fraction of sp³-hybridized carbons (Fsp3) is 0.143. The maximum atomic E-state index is 10.9. The van der Waals surface area contributed by atoms with E-state index < -0.39 is 11.7 Å².